The number of para-hydroxylation sites is 1. The molecule has 1 nitrogen and oxygen atoms in total. The molecule has 0 bridgehead atoms. The van der Waals surface area contributed by atoms with Crippen LogP contribution in [0.15, 0.2) is 42.1 Å². The fourth-order valence-corrected chi connectivity index (χ4v) is 1.28. The van der Waals surface area contributed by atoms with Gasteiger partial charge in [-0.3, -0.25) is 0 Å². The second-order valence-electron chi connectivity index (χ2n) is 3.33. The maximum absolute atomic E-state index is 2.25. The highest BCUT2D eigenvalue weighted by Crippen LogP contribution is 2.13. The van der Waals surface area contributed by atoms with E-state index in [1.54, 1.807) is 0 Å². The zero-order chi connectivity index (χ0) is 9.68. The first-order valence-electron chi connectivity index (χ1n) is 4.70. The van der Waals surface area contributed by atoms with Gasteiger partial charge in [0.25, 0.3) is 0 Å². The van der Waals surface area contributed by atoms with E-state index in [0.717, 1.165) is 6.54 Å². The molecule has 0 aliphatic heterocycles. The van der Waals surface area contributed by atoms with Gasteiger partial charge in [-0.1, -0.05) is 23.8 Å². The molecule has 0 atom stereocenters. The van der Waals surface area contributed by atoms with Crippen LogP contribution in [0.5, 0.6) is 0 Å². The van der Waals surface area contributed by atoms with Gasteiger partial charge in [-0.2, -0.15) is 0 Å². The zero-order valence-corrected chi connectivity index (χ0v) is 8.62. The molecule has 0 N–H and O–H groups in total. The van der Waals surface area contributed by atoms with Crippen LogP contribution in [0.3, 0.4) is 0 Å². The van der Waals surface area contributed by atoms with Crippen LogP contribution >= 0.6 is 0 Å². The van der Waals surface area contributed by atoms with Crippen LogP contribution in [0.4, 0.5) is 5.69 Å². The van der Waals surface area contributed by atoms with Crippen molar-refractivity contribution < 1.29 is 0 Å². The molecule has 1 heteroatoms. The van der Waals surface area contributed by atoms with Crippen molar-refractivity contribution in [1.82, 2.24) is 0 Å². The third-order valence-corrected chi connectivity index (χ3v) is 1.84. The highest BCUT2D eigenvalue weighted by atomic mass is 15.1. The van der Waals surface area contributed by atoms with E-state index in [9.17, 15) is 0 Å². The maximum Gasteiger partial charge on any atom is 0.0405 e. The number of allylic oxidation sites excluding steroid dienone is 1. The minimum atomic E-state index is 1.01. The van der Waals surface area contributed by atoms with Gasteiger partial charge in [0, 0.05) is 18.4 Å². The third kappa shape index (κ3) is 2.94. The van der Waals surface area contributed by atoms with Gasteiger partial charge < -0.3 is 4.90 Å². The highest BCUT2D eigenvalue weighted by Gasteiger charge is 1.97. The Bertz CT molecular complexity index is 270. The fraction of sp³-hybridized carbons (Fsp3) is 0.333. The molecule has 0 aliphatic carbocycles. The third-order valence-electron chi connectivity index (χ3n) is 1.84. The summed E-state index contributed by atoms with van der Waals surface area (Å²) >= 11 is 0. The molecule has 0 fully saturated rings. The molecule has 0 aliphatic rings. The topological polar surface area (TPSA) is 3.24 Å². The lowest BCUT2D eigenvalue weighted by Crippen LogP contribution is -2.14. The first kappa shape index (κ1) is 9.85. The molecule has 13 heavy (non-hydrogen) atoms. The van der Waals surface area contributed by atoms with Crippen molar-refractivity contribution >= 4 is 5.69 Å². The number of benzene rings is 1. The lowest BCUT2D eigenvalue weighted by molar-refractivity contribution is 1.00. The minimum absolute atomic E-state index is 1.01. The largest absolute Gasteiger partial charge is 0.348 e. The Balaban J connectivity index is 2.85. The summed E-state index contributed by atoms with van der Waals surface area (Å²) in [5.41, 5.74) is 2.58. The van der Waals surface area contributed by atoms with Crippen LogP contribution in [-0.4, -0.2) is 6.54 Å². The van der Waals surface area contributed by atoms with E-state index in [1.807, 2.05) is 6.07 Å². The Morgan fingerprint density at radius 2 is 1.85 bits per heavy atom. The predicted octanol–water partition coefficient (Wildman–Crippen LogP) is 3.44. The summed E-state index contributed by atoms with van der Waals surface area (Å²) in [4.78, 5) is 2.25. The van der Waals surface area contributed by atoms with Gasteiger partial charge in [0.1, 0.15) is 0 Å². The average molecular weight is 175 g/mol. The average Bonchev–Trinajstić information content (AvgIpc) is 2.15. The van der Waals surface area contributed by atoms with Gasteiger partial charge >= 0.3 is 0 Å². The normalized spacial score (nSPS) is 9.46. The molecule has 1 aromatic carbocycles. The molecule has 0 saturated heterocycles. The minimum Gasteiger partial charge on any atom is -0.348 e. The highest BCUT2D eigenvalue weighted by molar-refractivity contribution is 5.48. The van der Waals surface area contributed by atoms with E-state index in [0.29, 0.717) is 0 Å². The molecule has 0 aromatic heterocycles. The molecule has 0 saturated carbocycles. The van der Waals surface area contributed by atoms with Crippen molar-refractivity contribution in [2.75, 3.05) is 11.4 Å². The van der Waals surface area contributed by atoms with Crippen molar-refractivity contribution in [3.05, 3.63) is 42.1 Å². The van der Waals surface area contributed by atoms with E-state index in [1.165, 1.54) is 11.3 Å². The first-order valence-corrected chi connectivity index (χ1v) is 4.70. The summed E-state index contributed by atoms with van der Waals surface area (Å²) in [6.45, 7) is 7.40. The number of rotatable bonds is 3. The van der Waals surface area contributed by atoms with Gasteiger partial charge in [-0.15, -0.1) is 0 Å². The number of nitrogens with zero attached hydrogens (tertiary/aromatic N) is 1. The summed E-state index contributed by atoms with van der Waals surface area (Å²) in [6, 6.07) is 10.4. The SMILES string of the molecule is CCN(C=C(C)C)c1ccccc1. The standard InChI is InChI=1S/C12H17N/c1-4-13(10-11(2)3)12-8-6-5-7-9-12/h5-10H,4H2,1-3H3. The molecular weight excluding hydrogens is 158 g/mol. The quantitative estimate of drug-likeness (QED) is 0.680. The van der Waals surface area contributed by atoms with Gasteiger partial charge in [-0.05, 0) is 32.9 Å². The molecule has 1 rings (SSSR count). The van der Waals surface area contributed by atoms with Crippen molar-refractivity contribution in [1.29, 1.82) is 0 Å². The second-order valence-corrected chi connectivity index (χ2v) is 3.33. The summed E-state index contributed by atoms with van der Waals surface area (Å²) in [6.07, 6.45) is 2.18. The smallest absolute Gasteiger partial charge is 0.0405 e. The summed E-state index contributed by atoms with van der Waals surface area (Å²) in [5.74, 6) is 0. The van der Waals surface area contributed by atoms with Gasteiger partial charge in [-0.25, -0.2) is 0 Å². The molecule has 0 heterocycles. The molecule has 0 amide bonds. The van der Waals surface area contributed by atoms with Gasteiger partial charge in [0.15, 0.2) is 0 Å². The first-order chi connectivity index (χ1) is 6.24. The fourth-order valence-electron chi connectivity index (χ4n) is 1.28. The van der Waals surface area contributed by atoms with Crippen LogP contribution < -0.4 is 4.90 Å². The maximum atomic E-state index is 2.25. The van der Waals surface area contributed by atoms with Crippen molar-refractivity contribution in [3.8, 4) is 0 Å². The van der Waals surface area contributed by atoms with Crippen molar-refractivity contribution in [2.45, 2.75) is 20.8 Å². The lowest BCUT2D eigenvalue weighted by atomic mass is 10.3. The number of anilines is 1. The molecule has 0 radical (unpaired) electrons. The summed E-state index contributed by atoms with van der Waals surface area (Å²) in [5, 5.41) is 0. The van der Waals surface area contributed by atoms with E-state index in [-0.39, 0.29) is 0 Å². The van der Waals surface area contributed by atoms with Gasteiger partial charge in [0.05, 0.1) is 0 Å². The Kier molecular flexibility index (Phi) is 3.56. The molecular formula is C12H17N. The summed E-state index contributed by atoms with van der Waals surface area (Å²) in [7, 11) is 0. The van der Waals surface area contributed by atoms with Crippen LogP contribution in [0.25, 0.3) is 0 Å². The van der Waals surface area contributed by atoms with E-state index >= 15 is 0 Å². The summed E-state index contributed by atoms with van der Waals surface area (Å²) < 4.78 is 0. The Hall–Kier alpha value is -1.24. The van der Waals surface area contributed by atoms with Gasteiger partial charge in [0.2, 0.25) is 0 Å². The predicted molar refractivity (Wildman–Crippen MR) is 58.9 cm³/mol. The molecule has 0 spiro atoms. The van der Waals surface area contributed by atoms with E-state index < -0.39 is 0 Å². The van der Waals surface area contributed by atoms with Crippen LogP contribution in [0.1, 0.15) is 20.8 Å². The van der Waals surface area contributed by atoms with E-state index in [4.69, 9.17) is 0 Å². The zero-order valence-electron chi connectivity index (χ0n) is 8.62. The molecule has 0 unspecified atom stereocenters. The molecule has 70 valence electrons. The van der Waals surface area contributed by atoms with Crippen LogP contribution in [0, 0.1) is 0 Å². The Morgan fingerprint density at radius 3 is 2.31 bits per heavy atom. The van der Waals surface area contributed by atoms with Crippen molar-refractivity contribution in [2.24, 2.45) is 0 Å². The van der Waals surface area contributed by atoms with Crippen LogP contribution in [-0.2, 0) is 0 Å². The Morgan fingerprint density at radius 1 is 1.23 bits per heavy atom. The van der Waals surface area contributed by atoms with Crippen LogP contribution in [0.2, 0.25) is 0 Å². The number of hydrogen-bond donors (Lipinski definition) is 0. The molecule has 1 aromatic rings. The van der Waals surface area contributed by atoms with Crippen molar-refractivity contribution in [3.63, 3.8) is 0 Å². The monoisotopic (exact) mass is 175 g/mol. The Labute approximate surface area is 80.7 Å². The second kappa shape index (κ2) is 4.70. The lowest BCUT2D eigenvalue weighted by Gasteiger charge is -2.18. The number of hydrogen-bond acceptors (Lipinski definition) is 1. The van der Waals surface area contributed by atoms with E-state index in [2.05, 4.69) is 56.1 Å².